The van der Waals surface area contributed by atoms with Gasteiger partial charge >= 0.3 is 7.12 Å². The van der Waals surface area contributed by atoms with Crippen LogP contribution in [0.3, 0.4) is 0 Å². The van der Waals surface area contributed by atoms with Gasteiger partial charge in [0.15, 0.2) is 0 Å². The molecule has 0 bridgehead atoms. The highest BCUT2D eigenvalue weighted by Gasteiger charge is 2.14. The van der Waals surface area contributed by atoms with Gasteiger partial charge in [0.05, 0.1) is 0 Å². The maximum Gasteiger partial charge on any atom is 0.488 e. The molecule has 3 N–H and O–H groups in total. The summed E-state index contributed by atoms with van der Waals surface area (Å²) in [5.74, 6) is 1.26. The van der Waals surface area contributed by atoms with Crippen LogP contribution < -0.4 is 10.8 Å². The smallest absolute Gasteiger partial charge is 0.423 e. The number of nitrogens with one attached hydrogen (secondary N) is 1. The highest BCUT2D eigenvalue weighted by atomic mass is 32.2. The molecule has 1 aromatic rings. The lowest BCUT2D eigenvalue weighted by Gasteiger charge is -2.21. The van der Waals surface area contributed by atoms with Gasteiger partial charge in [-0.1, -0.05) is 71.4 Å². The van der Waals surface area contributed by atoms with Crippen molar-refractivity contribution >= 4 is 35.9 Å². The van der Waals surface area contributed by atoms with Crippen molar-refractivity contribution in [3.63, 3.8) is 0 Å². The second-order valence-electron chi connectivity index (χ2n) is 8.09. The molecule has 0 radical (unpaired) electrons. The lowest BCUT2D eigenvalue weighted by atomic mass is 9.80. The molecule has 0 aliphatic carbocycles. The van der Waals surface area contributed by atoms with Crippen molar-refractivity contribution < 1.29 is 14.8 Å². The molecule has 0 aliphatic heterocycles. The van der Waals surface area contributed by atoms with Crippen LogP contribution in [0.2, 0.25) is 0 Å². The Hall–Kier alpha value is -0.975. The monoisotopic (exact) mass is 407 g/mol. The number of carbonyl (C=O) groups excluding carboxylic acids is 1. The van der Waals surface area contributed by atoms with Crippen LogP contribution in [0.15, 0.2) is 24.3 Å². The summed E-state index contributed by atoms with van der Waals surface area (Å²) in [4.78, 5) is 12.0. The van der Waals surface area contributed by atoms with E-state index in [9.17, 15) is 14.8 Å². The third-order valence-corrected chi connectivity index (χ3v) is 6.67. The Kier molecular flexibility index (Phi) is 12.6. The van der Waals surface area contributed by atoms with Gasteiger partial charge < -0.3 is 15.4 Å². The number of carbonyl (C=O) groups is 1. The first-order valence-electron chi connectivity index (χ1n) is 10.7. The molecule has 1 amide bonds. The van der Waals surface area contributed by atoms with Crippen molar-refractivity contribution in [3.05, 3.63) is 24.3 Å². The molecule has 0 fully saturated rings. The molecular formula is C22H38BNO3S. The summed E-state index contributed by atoms with van der Waals surface area (Å²) in [7, 11) is -1.52. The minimum absolute atomic E-state index is 0.0166. The van der Waals surface area contributed by atoms with Crippen molar-refractivity contribution in [2.45, 2.75) is 89.7 Å². The standard InChI is InChI=1S/C22H38BNO3S/c1-4-22(2,3)28-17-12-10-8-6-5-7-9-11-16-21(25)24-20-15-13-14-19(18-20)23(26)27/h13-15,18,26-27H,4-12,16-17H2,1-3H3,(H,24,25). The number of anilines is 1. The first-order valence-corrected chi connectivity index (χ1v) is 11.7. The predicted octanol–water partition coefficient (Wildman–Crippen LogP) is 4.74. The summed E-state index contributed by atoms with van der Waals surface area (Å²) in [5, 5.41) is 21.2. The Morgan fingerprint density at radius 3 is 2.25 bits per heavy atom. The molecule has 6 heteroatoms. The molecular weight excluding hydrogens is 369 g/mol. The minimum atomic E-state index is -1.52. The van der Waals surface area contributed by atoms with Crippen molar-refractivity contribution in [2.24, 2.45) is 0 Å². The summed E-state index contributed by atoms with van der Waals surface area (Å²) in [5.41, 5.74) is 0.988. The zero-order valence-electron chi connectivity index (χ0n) is 17.9. The van der Waals surface area contributed by atoms with E-state index in [0.717, 1.165) is 12.8 Å². The quantitative estimate of drug-likeness (QED) is 0.290. The average Bonchev–Trinajstić information content (AvgIpc) is 2.66. The van der Waals surface area contributed by atoms with Crippen LogP contribution in [0.25, 0.3) is 0 Å². The van der Waals surface area contributed by atoms with Crippen LogP contribution in [0, 0.1) is 0 Å². The highest BCUT2D eigenvalue weighted by Crippen LogP contribution is 2.28. The van der Waals surface area contributed by atoms with Gasteiger partial charge in [-0.2, -0.15) is 11.8 Å². The molecule has 1 aromatic carbocycles. The fourth-order valence-corrected chi connectivity index (χ4v) is 4.00. The normalized spacial score (nSPS) is 11.5. The lowest BCUT2D eigenvalue weighted by Crippen LogP contribution is -2.30. The Bertz CT molecular complexity index is 566. The lowest BCUT2D eigenvalue weighted by molar-refractivity contribution is -0.116. The maximum absolute atomic E-state index is 12.0. The molecule has 0 saturated heterocycles. The number of benzene rings is 1. The van der Waals surface area contributed by atoms with Crippen LogP contribution in [0.1, 0.15) is 85.0 Å². The molecule has 1 rings (SSSR count). The van der Waals surface area contributed by atoms with E-state index in [4.69, 9.17) is 0 Å². The SMILES string of the molecule is CCC(C)(C)SCCCCCCCCCCC(=O)Nc1cccc(B(O)O)c1. The Morgan fingerprint density at radius 2 is 1.64 bits per heavy atom. The summed E-state index contributed by atoms with van der Waals surface area (Å²) in [6, 6.07) is 6.66. The molecule has 4 nitrogen and oxygen atoms in total. The number of rotatable bonds is 15. The van der Waals surface area contributed by atoms with Crippen LogP contribution >= 0.6 is 11.8 Å². The highest BCUT2D eigenvalue weighted by molar-refractivity contribution is 8.00. The van der Waals surface area contributed by atoms with Crippen LogP contribution in [-0.2, 0) is 4.79 Å². The summed E-state index contributed by atoms with van der Waals surface area (Å²) >= 11 is 2.10. The minimum Gasteiger partial charge on any atom is -0.423 e. The number of amides is 1. The van der Waals surface area contributed by atoms with Gasteiger partial charge in [0.25, 0.3) is 0 Å². The molecule has 0 spiro atoms. The fourth-order valence-electron chi connectivity index (χ4n) is 2.90. The molecule has 0 unspecified atom stereocenters. The fraction of sp³-hybridized carbons (Fsp3) is 0.682. The van der Waals surface area contributed by atoms with E-state index >= 15 is 0 Å². The van der Waals surface area contributed by atoms with Gasteiger partial charge in [-0.15, -0.1) is 0 Å². The second kappa shape index (κ2) is 14.1. The van der Waals surface area contributed by atoms with E-state index in [1.165, 1.54) is 50.7 Å². The Balaban J connectivity index is 1.98. The summed E-state index contributed by atoms with van der Waals surface area (Å²) in [6.07, 6.45) is 11.4. The van der Waals surface area contributed by atoms with Crippen LogP contribution in [0.5, 0.6) is 0 Å². The molecule has 0 atom stereocenters. The molecule has 28 heavy (non-hydrogen) atoms. The van der Waals surface area contributed by atoms with Crippen molar-refractivity contribution in [1.29, 1.82) is 0 Å². The Morgan fingerprint density at radius 1 is 1.04 bits per heavy atom. The van der Waals surface area contributed by atoms with Crippen molar-refractivity contribution in [1.82, 2.24) is 0 Å². The van der Waals surface area contributed by atoms with Crippen molar-refractivity contribution in [3.8, 4) is 0 Å². The third-order valence-electron chi connectivity index (χ3n) is 5.11. The van der Waals surface area contributed by atoms with Gasteiger partial charge in [0, 0.05) is 16.9 Å². The zero-order valence-corrected chi connectivity index (χ0v) is 18.7. The number of unbranched alkanes of at least 4 members (excludes halogenated alkanes) is 7. The first-order chi connectivity index (χ1) is 13.3. The van der Waals surface area contributed by atoms with E-state index < -0.39 is 7.12 Å². The maximum atomic E-state index is 12.0. The van der Waals surface area contributed by atoms with E-state index in [2.05, 4.69) is 37.8 Å². The molecule has 0 aromatic heterocycles. The van der Waals surface area contributed by atoms with E-state index in [-0.39, 0.29) is 5.91 Å². The number of hydrogen-bond donors (Lipinski definition) is 3. The Labute approximate surface area is 176 Å². The third kappa shape index (κ3) is 11.8. The van der Waals surface area contributed by atoms with E-state index in [1.54, 1.807) is 24.3 Å². The van der Waals surface area contributed by atoms with Gasteiger partial charge in [-0.05, 0) is 42.6 Å². The van der Waals surface area contributed by atoms with Crippen LogP contribution in [-0.4, -0.2) is 33.6 Å². The van der Waals surface area contributed by atoms with Crippen molar-refractivity contribution in [2.75, 3.05) is 11.1 Å². The average molecular weight is 407 g/mol. The molecule has 0 saturated carbocycles. The largest absolute Gasteiger partial charge is 0.488 e. The van der Waals surface area contributed by atoms with E-state index in [1.807, 2.05) is 0 Å². The van der Waals surface area contributed by atoms with Gasteiger partial charge in [-0.25, -0.2) is 0 Å². The number of thioether (sulfide) groups is 1. The topological polar surface area (TPSA) is 69.6 Å². The summed E-state index contributed by atoms with van der Waals surface area (Å²) in [6.45, 7) is 6.92. The molecule has 0 aliphatic rings. The van der Waals surface area contributed by atoms with Crippen LogP contribution in [0.4, 0.5) is 5.69 Å². The molecule has 0 heterocycles. The second-order valence-corrected chi connectivity index (χ2v) is 9.89. The van der Waals surface area contributed by atoms with E-state index in [0.29, 0.717) is 22.3 Å². The van der Waals surface area contributed by atoms with Gasteiger partial charge in [-0.3, -0.25) is 4.79 Å². The zero-order chi connectivity index (χ0) is 20.8. The predicted molar refractivity (Wildman–Crippen MR) is 123 cm³/mol. The first kappa shape index (κ1) is 25.1. The molecule has 158 valence electrons. The number of hydrogen-bond acceptors (Lipinski definition) is 4. The summed E-state index contributed by atoms with van der Waals surface area (Å²) < 4.78 is 0.426. The van der Waals surface area contributed by atoms with Gasteiger partial charge in [0.2, 0.25) is 5.91 Å². The van der Waals surface area contributed by atoms with Gasteiger partial charge in [0.1, 0.15) is 0 Å².